The van der Waals surface area contributed by atoms with Gasteiger partial charge in [-0.05, 0) is 42.0 Å². The molecule has 3 heterocycles. The van der Waals surface area contributed by atoms with Crippen LogP contribution in [-0.4, -0.2) is 51.5 Å². The number of carbonyl (C=O) groups is 1. The quantitative estimate of drug-likeness (QED) is 0.467. The van der Waals surface area contributed by atoms with Crippen molar-refractivity contribution in [2.75, 3.05) is 31.1 Å². The van der Waals surface area contributed by atoms with Crippen molar-refractivity contribution in [3.63, 3.8) is 0 Å². The van der Waals surface area contributed by atoms with Gasteiger partial charge in [-0.15, -0.1) is 0 Å². The third-order valence-corrected chi connectivity index (χ3v) is 5.98. The Balaban J connectivity index is 1.40. The van der Waals surface area contributed by atoms with Gasteiger partial charge in [0, 0.05) is 67.2 Å². The number of hydrogen-bond acceptors (Lipinski definition) is 4. The van der Waals surface area contributed by atoms with Gasteiger partial charge in [-0.1, -0.05) is 23.7 Å². The van der Waals surface area contributed by atoms with Gasteiger partial charge in [-0.25, -0.2) is 14.4 Å². The largest absolute Gasteiger partial charge is 0.342 e. The highest BCUT2D eigenvalue weighted by Gasteiger charge is 2.26. The molecule has 0 saturated carbocycles. The van der Waals surface area contributed by atoms with Crippen molar-refractivity contribution in [3.05, 3.63) is 89.1 Å². The second-order valence-electron chi connectivity index (χ2n) is 7.79. The Morgan fingerprint density at radius 1 is 1.00 bits per heavy atom. The maximum atomic E-state index is 13.4. The molecule has 6 nitrogen and oxygen atoms in total. The summed E-state index contributed by atoms with van der Waals surface area (Å²) >= 11 is 6.26. The average molecular weight is 450 g/mol. The lowest BCUT2D eigenvalue weighted by Crippen LogP contribution is -2.49. The summed E-state index contributed by atoms with van der Waals surface area (Å²) < 4.78 is 15.3. The van der Waals surface area contributed by atoms with E-state index in [9.17, 15) is 9.18 Å². The highest BCUT2D eigenvalue weighted by Crippen LogP contribution is 2.27. The first-order valence-corrected chi connectivity index (χ1v) is 10.8. The molecule has 0 unspecified atom stereocenters. The SMILES string of the molecule is O=C(c1cn(Cc2ccc(F)cc2)c2ccc(Cl)cc12)N1CCN(c2ncccn2)CC1. The molecule has 0 atom stereocenters. The molecule has 8 heteroatoms. The van der Waals surface area contributed by atoms with Gasteiger partial charge in [0.15, 0.2) is 0 Å². The van der Waals surface area contributed by atoms with Crippen LogP contribution in [0.4, 0.5) is 10.3 Å². The fourth-order valence-corrected chi connectivity index (χ4v) is 4.26. The number of carbonyl (C=O) groups excluding carboxylic acids is 1. The molecule has 1 saturated heterocycles. The summed E-state index contributed by atoms with van der Waals surface area (Å²) in [6.07, 6.45) is 5.32. The van der Waals surface area contributed by atoms with Gasteiger partial charge in [0.05, 0.1) is 5.56 Å². The Morgan fingerprint density at radius 2 is 1.72 bits per heavy atom. The zero-order valence-electron chi connectivity index (χ0n) is 17.3. The smallest absolute Gasteiger partial charge is 0.256 e. The lowest BCUT2D eigenvalue weighted by Gasteiger charge is -2.34. The number of benzene rings is 2. The Morgan fingerprint density at radius 3 is 2.44 bits per heavy atom. The molecule has 2 aromatic carbocycles. The lowest BCUT2D eigenvalue weighted by molar-refractivity contribution is 0.0748. The first-order chi connectivity index (χ1) is 15.6. The van der Waals surface area contributed by atoms with Crippen molar-refractivity contribution in [2.45, 2.75) is 6.54 Å². The normalized spacial score (nSPS) is 14.2. The number of rotatable bonds is 4. The van der Waals surface area contributed by atoms with Crippen molar-refractivity contribution in [2.24, 2.45) is 0 Å². The predicted octanol–water partition coefficient (Wildman–Crippen LogP) is 4.23. The molecule has 4 aromatic rings. The molecule has 1 aliphatic rings. The van der Waals surface area contributed by atoms with E-state index in [1.54, 1.807) is 30.6 Å². The van der Waals surface area contributed by atoms with Crippen molar-refractivity contribution in [1.82, 2.24) is 19.4 Å². The van der Waals surface area contributed by atoms with E-state index in [-0.39, 0.29) is 11.7 Å². The third kappa shape index (κ3) is 4.03. The first kappa shape index (κ1) is 20.5. The van der Waals surface area contributed by atoms with Gasteiger partial charge in [0.1, 0.15) is 5.82 Å². The summed E-state index contributed by atoms with van der Waals surface area (Å²) in [5, 5.41) is 1.40. The predicted molar refractivity (Wildman–Crippen MR) is 123 cm³/mol. The van der Waals surface area contributed by atoms with Gasteiger partial charge in [0.25, 0.3) is 5.91 Å². The van der Waals surface area contributed by atoms with Gasteiger partial charge in [-0.3, -0.25) is 4.79 Å². The molecule has 0 radical (unpaired) electrons. The standard InChI is InChI=1S/C24H21ClFN5O/c25-18-4-7-22-20(14-18)21(16-31(22)15-17-2-5-19(26)6-3-17)23(32)29-10-12-30(13-11-29)24-27-8-1-9-28-24/h1-9,14,16H,10-13,15H2. The molecule has 0 spiro atoms. The van der Waals surface area contributed by atoms with Crippen molar-refractivity contribution in [3.8, 4) is 0 Å². The highest BCUT2D eigenvalue weighted by molar-refractivity contribution is 6.31. The topological polar surface area (TPSA) is 54.3 Å². The van der Waals surface area contributed by atoms with E-state index in [0.29, 0.717) is 49.3 Å². The van der Waals surface area contributed by atoms with E-state index in [2.05, 4.69) is 14.9 Å². The second kappa shape index (κ2) is 8.59. The van der Waals surface area contributed by atoms with E-state index in [4.69, 9.17) is 11.6 Å². The maximum Gasteiger partial charge on any atom is 0.256 e. The van der Waals surface area contributed by atoms with Gasteiger partial charge in [0.2, 0.25) is 5.95 Å². The van der Waals surface area contributed by atoms with E-state index in [0.717, 1.165) is 16.5 Å². The number of fused-ring (bicyclic) bond motifs is 1. The fourth-order valence-electron chi connectivity index (χ4n) is 4.09. The summed E-state index contributed by atoms with van der Waals surface area (Å²) in [5.74, 6) is 0.389. The van der Waals surface area contributed by atoms with Crippen LogP contribution in [0.2, 0.25) is 5.02 Å². The molecule has 5 rings (SSSR count). The number of halogens is 2. The minimum absolute atomic E-state index is 0.0243. The monoisotopic (exact) mass is 449 g/mol. The second-order valence-corrected chi connectivity index (χ2v) is 8.22. The first-order valence-electron chi connectivity index (χ1n) is 10.4. The third-order valence-electron chi connectivity index (χ3n) is 5.74. The summed E-state index contributed by atoms with van der Waals surface area (Å²) in [6.45, 7) is 3.05. The van der Waals surface area contributed by atoms with Crippen LogP contribution in [0.1, 0.15) is 15.9 Å². The molecule has 0 aliphatic carbocycles. The molecular formula is C24H21ClFN5O. The average Bonchev–Trinajstić information content (AvgIpc) is 3.18. The van der Waals surface area contributed by atoms with Crippen LogP contribution >= 0.6 is 11.6 Å². The van der Waals surface area contributed by atoms with Crippen LogP contribution < -0.4 is 4.90 Å². The minimum atomic E-state index is -0.270. The molecule has 32 heavy (non-hydrogen) atoms. The molecular weight excluding hydrogens is 429 g/mol. The van der Waals surface area contributed by atoms with Crippen LogP contribution in [0, 0.1) is 5.82 Å². The van der Waals surface area contributed by atoms with Gasteiger partial charge >= 0.3 is 0 Å². The van der Waals surface area contributed by atoms with Crippen molar-refractivity contribution in [1.29, 1.82) is 0 Å². The highest BCUT2D eigenvalue weighted by atomic mass is 35.5. The van der Waals surface area contributed by atoms with Crippen LogP contribution in [0.3, 0.4) is 0 Å². The van der Waals surface area contributed by atoms with Crippen LogP contribution in [0.25, 0.3) is 10.9 Å². The Labute approximate surface area is 189 Å². The van der Waals surface area contributed by atoms with Crippen molar-refractivity contribution >= 4 is 34.4 Å². The maximum absolute atomic E-state index is 13.4. The van der Waals surface area contributed by atoms with E-state index in [1.807, 2.05) is 33.9 Å². The lowest BCUT2D eigenvalue weighted by atomic mass is 10.1. The van der Waals surface area contributed by atoms with E-state index in [1.165, 1.54) is 12.1 Å². The molecule has 0 bridgehead atoms. The molecule has 2 aromatic heterocycles. The zero-order valence-corrected chi connectivity index (χ0v) is 18.0. The summed E-state index contributed by atoms with van der Waals surface area (Å²) in [4.78, 5) is 26.0. The fraction of sp³-hybridized carbons (Fsp3) is 0.208. The van der Waals surface area contributed by atoms with E-state index < -0.39 is 0 Å². The van der Waals surface area contributed by atoms with Gasteiger partial charge in [-0.2, -0.15) is 0 Å². The number of aromatic nitrogens is 3. The van der Waals surface area contributed by atoms with Crippen LogP contribution in [0.5, 0.6) is 0 Å². The Kier molecular flexibility index (Phi) is 5.49. The number of hydrogen-bond donors (Lipinski definition) is 0. The number of anilines is 1. The Hall–Kier alpha value is -3.45. The van der Waals surface area contributed by atoms with Crippen molar-refractivity contribution < 1.29 is 9.18 Å². The van der Waals surface area contributed by atoms with E-state index >= 15 is 0 Å². The molecule has 1 fully saturated rings. The minimum Gasteiger partial charge on any atom is -0.342 e. The molecule has 1 aliphatic heterocycles. The van der Waals surface area contributed by atoms with Gasteiger partial charge < -0.3 is 14.4 Å². The molecule has 0 N–H and O–H groups in total. The number of amides is 1. The summed E-state index contributed by atoms with van der Waals surface area (Å²) in [5.41, 5.74) is 2.49. The summed E-state index contributed by atoms with van der Waals surface area (Å²) in [6, 6.07) is 13.8. The molecule has 162 valence electrons. The van der Waals surface area contributed by atoms with Crippen LogP contribution in [-0.2, 0) is 6.54 Å². The summed E-state index contributed by atoms with van der Waals surface area (Å²) in [7, 11) is 0. The number of nitrogens with zero attached hydrogens (tertiary/aromatic N) is 5. The zero-order chi connectivity index (χ0) is 22.1. The van der Waals surface area contributed by atoms with Crippen LogP contribution in [0.15, 0.2) is 67.1 Å². The Bertz CT molecular complexity index is 1250. The molecule has 1 amide bonds. The number of piperazine rings is 1.